The van der Waals surface area contributed by atoms with Crippen LogP contribution in [0.4, 0.5) is 0 Å². The SMILES string of the molecule is CCNC(CC1CCCCC1)c1ccccc1OCC. The van der Waals surface area contributed by atoms with Crippen LogP contribution in [0.15, 0.2) is 24.3 Å². The first-order valence-electron chi connectivity index (χ1n) is 8.30. The van der Waals surface area contributed by atoms with Crippen LogP contribution in [0.5, 0.6) is 5.75 Å². The monoisotopic (exact) mass is 275 g/mol. The van der Waals surface area contributed by atoms with Gasteiger partial charge in [0.2, 0.25) is 0 Å². The number of benzene rings is 1. The van der Waals surface area contributed by atoms with E-state index in [9.17, 15) is 0 Å². The molecule has 1 saturated carbocycles. The van der Waals surface area contributed by atoms with E-state index in [2.05, 4.69) is 43.4 Å². The quantitative estimate of drug-likeness (QED) is 0.778. The highest BCUT2D eigenvalue weighted by Gasteiger charge is 2.21. The summed E-state index contributed by atoms with van der Waals surface area (Å²) >= 11 is 0. The van der Waals surface area contributed by atoms with Gasteiger partial charge in [-0.25, -0.2) is 0 Å². The van der Waals surface area contributed by atoms with E-state index in [0.717, 1.165) is 24.8 Å². The Labute approximate surface area is 123 Å². The Morgan fingerprint density at radius 3 is 2.60 bits per heavy atom. The van der Waals surface area contributed by atoms with Gasteiger partial charge in [-0.15, -0.1) is 0 Å². The third-order valence-corrected chi connectivity index (χ3v) is 4.34. The van der Waals surface area contributed by atoms with Crippen molar-refractivity contribution in [2.45, 2.75) is 58.4 Å². The number of hydrogen-bond donors (Lipinski definition) is 1. The van der Waals surface area contributed by atoms with Gasteiger partial charge < -0.3 is 10.1 Å². The van der Waals surface area contributed by atoms with Crippen LogP contribution in [0.2, 0.25) is 0 Å². The summed E-state index contributed by atoms with van der Waals surface area (Å²) in [5.74, 6) is 1.93. The van der Waals surface area contributed by atoms with Gasteiger partial charge in [0.05, 0.1) is 6.61 Å². The molecule has 1 atom stereocenters. The molecular weight excluding hydrogens is 246 g/mol. The molecule has 0 bridgehead atoms. The van der Waals surface area contributed by atoms with Crippen molar-refractivity contribution in [1.82, 2.24) is 5.32 Å². The van der Waals surface area contributed by atoms with Crippen LogP contribution in [0.1, 0.15) is 64.0 Å². The molecule has 0 saturated heterocycles. The maximum atomic E-state index is 5.81. The predicted molar refractivity (Wildman–Crippen MR) is 85.2 cm³/mol. The summed E-state index contributed by atoms with van der Waals surface area (Å²) in [5, 5.41) is 3.67. The molecule has 0 amide bonds. The van der Waals surface area contributed by atoms with Crippen LogP contribution in [0.3, 0.4) is 0 Å². The molecule has 0 spiro atoms. The molecule has 1 unspecified atom stereocenters. The summed E-state index contributed by atoms with van der Waals surface area (Å²) in [6, 6.07) is 8.96. The summed E-state index contributed by atoms with van der Waals surface area (Å²) in [5.41, 5.74) is 1.33. The van der Waals surface area contributed by atoms with Gasteiger partial charge in [-0.3, -0.25) is 0 Å². The number of hydrogen-bond acceptors (Lipinski definition) is 2. The molecule has 1 aromatic rings. The van der Waals surface area contributed by atoms with Gasteiger partial charge in [0.1, 0.15) is 5.75 Å². The van der Waals surface area contributed by atoms with Crippen LogP contribution in [-0.2, 0) is 0 Å². The fraction of sp³-hybridized carbons (Fsp3) is 0.667. The molecule has 0 heterocycles. The third-order valence-electron chi connectivity index (χ3n) is 4.34. The zero-order valence-corrected chi connectivity index (χ0v) is 13.0. The Hall–Kier alpha value is -1.02. The van der Waals surface area contributed by atoms with Crippen molar-refractivity contribution in [2.75, 3.05) is 13.2 Å². The minimum absolute atomic E-state index is 0.436. The molecule has 1 aliphatic carbocycles. The lowest BCUT2D eigenvalue weighted by Gasteiger charge is -2.28. The first-order chi connectivity index (χ1) is 9.85. The third kappa shape index (κ3) is 4.24. The molecule has 1 fully saturated rings. The second-order valence-electron chi connectivity index (χ2n) is 5.82. The van der Waals surface area contributed by atoms with Crippen LogP contribution in [-0.4, -0.2) is 13.2 Å². The summed E-state index contributed by atoms with van der Waals surface area (Å²) in [6.45, 7) is 5.99. The van der Waals surface area contributed by atoms with Crippen LogP contribution in [0, 0.1) is 5.92 Å². The average molecular weight is 275 g/mol. The summed E-state index contributed by atoms with van der Waals surface area (Å²) in [4.78, 5) is 0. The fourth-order valence-corrected chi connectivity index (χ4v) is 3.38. The zero-order valence-electron chi connectivity index (χ0n) is 13.0. The molecule has 1 N–H and O–H groups in total. The molecule has 0 radical (unpaired) electrons. The number of para-hydroxylation sites is 1. The molecule has 1 aromatic carbocycles. The first kappa shape index (κ1) is 15.4. The van der Waals surface area contributed by atoms with E-state index in [1.54, 1.807) is 0 Å². The molecule has 112 valence electrons. The Morgan fingerprint density at radius 2 is 1.90 bits per heavy atom. The molecule has 2 nitrogen and oxygen atoms in total. The zero-order chi connectivity index (χ0) is 14.2. The Bertz CT molecular complexity index is 385. The van der Waals surface area contributed by atoms with E-state index >= 15 is 0 Å². The van der Waals surface area contributed by atoms with Crippen molar-refractivity contribution in [3.05, 3.63) is 29.8 Å². The lowest BCUT2D eigenvalue weighted by atomic mass is 9.83. The molecule has 2 heteroatoms. The van der Waals surface area contributed by atoms with Gasteiger partial charge in [-0.1, -0.05) is 57.2 Å². The summed E-state index contributed by atoms with van der Waals surface area (Å²) in [7, 11) is 0. The number of ether oxygens (including phenoxy) is 1. The van der Waals surface area contributed by atoms with Crippen molar-refractivity contribution in [1.29, 1.82) is 0 Å². The van der Waals surface area contributed by atoms with Crippen LogP contribution in [0.25, 0.3) is 0 Å². The van der Waals surface area contributed by atoms with Crippen molar-refractivity contribution in [3.63, 3.8) is 0 Å². The smallest absolute Gasteiger partial charge is 0.124 e. The van der Waals surface area contributed by atoms with E-state index in [1.807, 2.05) is 0 Å². The molecule has 0 aromatic heterocycles. The highest BCUT2D eigenvalue weighted by molar-refractivity contribution is 5.36. The molecule has 0 aliphatic heterocycles. The standard InChI is InChI=1S/C18H29NO/c1-3-19-17(14-15-10-6-5-7-11-15)16-12-8-9-13-18(16)20-4-2/h8-9,12-13,15,17,19H,3-7,10-11,14H2,1-2H3. The number of rotatable bonds is 7. The number of nitrogens with one attached hydrogen (secondary N) is 1. The summed E-state index contributed by atoms with van der Waals surface area (Å²) in [6.07, 6.45) is 8.31. The van der Waals surface area contributed by atoms with Gasteiger partial charge in [-0.05, 0) is 31.9 Å². The second-order valence-corrected chi connectivity index (χ2v) is 5.82. The average Bonchev–Trinajstić information content (AvgIpc) is 2.49. The van der Waals surface area contributed by atoms with Gasteiger partial charge in [0, 0.05) is 11.6 Å². The largest absolute Gasteiger partial charge is 0.494 e. The van der Waals surface area contributed by atoms with Crippen molar-refractivity contribution in [3.8, 4) is 5.75 Å². The van der Waals surface area contributed by atoms with Crippen molar-refractivity contribution >= 4 is 0 Å². The van der Waals surface area contributed by atoms with E-state index in [4.69, 9.17) is 4.74 Å². The van der Waals surface area contributed by atoms with E-state index < -0.39 is 0 Å². The summed E-state index contributed by atoms with van der Waals surface area (Å²) < 4.78 is 5.81. The van der Waals surface area contributed by atoms with Crippen LogP contribution < -0.4 is 10.1 Å². The van der Waals surface area contributed by atoms with E-state index in [-0.39, 0.29) is 0 Å². The normalized spacial score (nSPS) is 17.9. The maximum Gasteiger partial charge on any atom is 0.124 e. The minimum Gasteiger partial charge on any atom is -0.494 e. The minimum atomic E-state index is 0.436. The van der Waals surface area contributed by atoms with Gasteiger partial charge in [0.25, 0.3) is 0 Å². The van der Waals surface area contributed by atoms with E-state index in [1.165, 1.54) is 44.1 Å². The molecule has 2 rings (SSSR count). The Kier molecular flexibility index (Phi) is 6.38. The molecule has 20 heavy (non-hydrogen) atoms. The topological polar surface area (TPSA) is 21.3 Å². The second kappa shape index (κ2) is 8.31. The van der Waals surface area contributed by atoms with Crippen molar-refractivity contribution in [2.24, 2.45) is 5.92 Å². The molecule has 1 aliphatic rings. The van der Waals surface area contributed by atoms with Crippen LogP contribution >= 0.6 is 0 Å². The van der Waals surface area contributed by atoms with E-state index in [0.29, 0.717) is 6.04 Å². The van der Waals surface area contributed by atoms with Gasteiger partial charge >= 0.3 is 0 Å². The predicted octanol–water partition coefficient (Wildman–Crippen LogP) is 4.71. The van der Waals surface area contributed by atoms with Gasteiger partial charge in [-0.2, -0.15) is 0 Å². The molecular formula is C18H29NO. The lowest BCUT2D eigenvalue weighted by Crippen LogP contribution is -2.25. The van der Waals surface area contributed by atoms with Crippen molar-refractivity contribution < 1.29 is 4.74 Å². The highest BCUT2D eigenvalue weighted by Crippen LogP contribution is 2.35. The lowest BCUT2D eigenvalue weighted by molar-refractivity contribution is 0.291. The highest BCUT2D eigenvalue weighted by atomic mass is 16.5. The first-order valence-corrected chi connectivity index (χ1v) is 8.30. The van der Waals surface area contributed by atoms with Gasteiger partial charge in [0.15, 0.2) is 0 Å². The maximum absolute atomic E-state index is 5.81. The fourth-order valence-electron chi connectivity index (χ4n) is 3.38. The Balaban J connectivity index is 2.10. The Morgan fingerprint density at radius 1 is 1.15 bits per heavy atom.